The van der Waals surface area contributed by atoms with Crippen molar-refractivity contribution in [1.82, 2.24) is 15.3 Å². The Morgan fingerprint density at radius 2 is 1.67 bits per heavy atom. The van der Waals surface area contributed by atoms with Crippen LogP contribution in [0.15, 0.2) is 48.5 Å². The van der Waals surface area contributed by atoms with Crippen LogP contribution in [0, 0.1) is 6.92 Å². The van der Waals surface area contributed by atoms with Gasteiger partial charge in [-0.25, -0.2) is 14.8 Å². The Bertz CT molecular complexity index is 927. The highest BCUT2D eigenvalue weighted by molar-refractivity contribution is 5.93. The first-order chi connectivity index (χ1) is 13.1. The highest BCUT2D eigenvalue weighted by Gasteiger charge is 2.03. The first kappa shape index (κ1) is 18.4. The van der Waals surface area contributed by atoms with Gasteiger partial charge in [-0.15, -0.1) is 0 Å². The van der Waals surface area contributed by atoms with Crippen LogP contribution in [0.3, 0.4) is 0 Å². The summed E-state index contributed by atoms with van der Waals surface area (Å²) < 4.78 is 0. The second-order valence-electron chi connectivity index (χ2n) is 6.09. The molecule has 0 aliphatic rings. The number of hydrogen-bond donors (Lipinski definition) is 4. The molecule has 140 valence electrons. The third-order valence-corrected chi connectivity index (χ3v) is 3.92. The Morgan fingerprint density at radius 3 is 2.44 bits per heavy atom. The first-order valence-corrected chi connectivity index (χ1v) is 9.01. The van der Waals surface area contributed by atoms with Crippen molar-refractivity contribution in [2.24, 2.45) is 0 Å². The molecule has 0 saturated heterocycles. The van der Waals surface area contributed by atoms with Crippen LogP contribution in [-0.2, 0) is 0 Å². The molecule has 7 nitrogen and oxygen atoms in total. The minimum absolute atomic E-state index is 0.237. The molecule has 0 atom stereocenters. The van der Waals surface area contributed by atoms with E-state index in [2.05, 4.69) is 31.2 Å². The van der Waals surface area contributed by atoms with Gasteiger partial charge in [0.25, 0.3) is 0 Å². The van der Waals surface area contributed by atoms with Crippen LogP contribution in [0.4, 0.5) is 22.1 Å². The van der Waals surface area contributed by atoms with Gasteiger partial charge in [0.05, 0.1) is 0 Å². The molecule has 1 aromatic heterocycles. The van der Waals surface area contributed by atoms with Crippen LogP contribution < -0.4 is 21.3 Å². The normalized spacial score (nSPS) is 10.4. The van der Waals surface area contributed by atoms with Crippen molar-refractivity contribution < 1.29 is 4.79 Å². The van der Waals surface area contributed by atoms with Crippen molar-refractivity contribution in [3.63, 3.8) is 0 Å². The summed E-state index contributed by atoms with van der Waals surface area (Å²) in [6.07, 6.45) is 0. The number of aromatic nitrogens is 2. The smallest absolute Gasteiger partial charge is 0.319 e. The Balaban J connectivity index is 1.46. The molecule has 7 heteroatoms. The zero-order chi connectivity index (χ0) is 19.1. The number of aryl methyl sites for hydroxylation is 1. The molecule has 2 aromatic carbocycles. The number of rotatable bonds is 7. The van der Waals surface area contributed by atoms with Gasteiger partial charge in [0.2, 0.25) is 0 Å². The standard InChI is InChI=1S/C20H24N6O/c1-3-21-18-13-19(25-14(2)24-18)22-10-11-23-20(27)26-17-9-8-15-6-4-5-7-16(15)12-17/h4-9,12-13H,3,10-11H2,1-2H3,(H2,23,26,27)(H2,21,22,24,25). The summed E-state index contributed by atoms with van der Waals surface area (Å²) >= 11 is 0. The minimum Gasteiger partial charge on any atom is -0.370 e. The van der Waals surface area contributed by atoms with Crippen LogP contribution in [0.2, 0.25) is 0 Å². The largest absolute Gasteiger partial charge is 0.370 e. The fourth-order valence-corrected chi connectivity index (χ4v) is 2.74. The number of amides is 2. The minimum atomic E-state index is -0.237. The van der Waals surface area contributed by atoms with Crippen molar-refractivity contribution in [1.29, 1.82) is 0 Å². The lowest BCUT2D eigenvalue weighted by Crippen LogP contribution is -2.32. The van der Waals surface area contributed by atoms with E-state index < -0.39 is 0 Å². The number of fused-ring (bicyclic) bond motifs is 1. The summed E-state index contributed by atoms with van der Waals surface area (Å²) in [5.41, 5.74) is 0.765. The number of anilines is 3. The van der Waals surface area contributed by atoms with Gasteiger partial charge >= 0.3 is 6.03 Å². The van der Waals surface area contributed by atoms with E-state index in [0.29, 0.717) is 18.9 Å². The summed E-state index contributed by atoms with van der Waals surface area (Å²) in [4.78, 5) is 20.7. The van der Waals surface area contributed by atoms with Crippen molar-refractivity contribution in [3.8, 4) is 0 Å². The molecule has 3 aromatic rings. The van der Waals surface area contributed by atoms with E-state index in [1.807, 2.05) is 62.4 Å². The average molecular weight is 364 g/mol. The number of nitrogens with zero attached hydrogens (tertiary/aromatic N) is 2. The molecule has 3 rings (SSSR count). The molecule has 0 aliphatic carbocycles. The summed E-state index contributed by atoms with van der Waals surface area (Å²) in [5.74, 6) is 2.21. The van der Waals surface area contributed by atoms with E-state index in [0.717, 1.165) is 34.6 Å². The second kappa shape index (κ2) is 8.84. The van der Waals surface area contributed by atoms with Crippen molar-refractivity contribution >= 4 is 34.1 Å². The summed E-state index contributed by atoms with van der Waals surface area (Å²) in [6.45, 7) is 5.70. The van der Waals surface area contributed by atoms with Crippen molar-refractivity contribution in [2.75, 3.05) is 35.6 Å². The van der Waals surface area contributed by atoms with Gasteiger partial charge in [0.15, 0.2) is 0 Å². The fraction of sp³-hybridized carbons (Fsp3) is 0.250. The van der Waals surface area contributed by atoms with Crippen molar-refractivity contribution in [3.05, 3.63) is 54.4 Å². The van der Waals surface area contributed by atoms with Gasteiger partial charge in [-0.1, -0.05) is 30.3 Å². The average Bonchev–Trinajstić information content (AvgIpc) is 2.65. The maximum absolute atomic E-state index is 12.1. The van der Waals surface area contributed by atoms with E-state index in [4.69, 9.17) is 0 Å². The molecular weight excluding hydrogens is 340 g/mol. The highest BCUT2D eigenvalue weighted by Crippen LogP contribution is 2.18. The molecule has 0 spiro atoms. The molecule has 0 bridgehead atoms. The molecule has 0 unspecified atom stereocenters. The Labute approximate surface area is 158 Å². The Morgan fingerprint density at radius 1 is 0.926 bits per heavy atom. The van der Waals surface area contributed by atoms with Gasteiger partial charge in [0.1, 0.15) is 17.5 Å². The van der Waals surface area contributed by atoms with Crippen LogP contribution in [0.25, 0.3) is 10.8 Å². The monoisotopic (exact) mass is 364 g/mol. The van der Waals surface area contributed by atoms with Crippen LogP contribution in [-0.4, -0.2) is 35.6 Å². The maximum atomic E-state index is 12.1. The molecular formula is C20H24N6O. The molecule has 0 fully saturated rings. The third kappa shape index (κ3) is 5.31. The first-order valence-electron chi connectivity index (χ1n) is 9.01. The number of nitrogens with one attached hydrogen (secondary N) is 4. The number of urea groups is 1. The van der Waals surface area contributed by atoms with Gasteiger partial charge in [0, 0.05) is 31.4 Å². The number of carbonyl (C=O) groups is 1. The van der Waals surface area contributed by atoms with Crippen LogP contribution >= 0.6 is 0 Å². The molecule has 4 N–H and O–H groups in total. The Kier molecular flexibility index (Phi) is 6.04. The quantitative estimate of drug-likeness (QED) is 0.481. The highest BCUT2D eigenvalue weighted by atomic mass is 16.2. The molecule has 2 amide bonds. The lowest BCUT2D eigenvalue weighted by atomic mass is 10.1. The second-order valence-corrected chi connectivity index (χ2v) is 6.09. The van der Waals surface area contributed by atoms with E-state index in [-0.39, 0.29) is 6.03 Å². The van der Waals surface area contributed by atoms with E-state index in [1.54, 1.807) is 0 Å². The van der Waals surface area contributed by atoms with Crippen LogP contribution in [0.5, 0.6) is 0 Å². The maximum Gasteiger partial charge on any atom is 0.319 e. The molecule has 0 aliphatic heterocycles. The lowest BCUT2D eigenvalue weighted by Gasteiger charge is -2.11. The zero-order valence-electron chi connectivity index (χ0n) is 15.5. The zero-order valence-corrected chi connectivity index (χ0v) is 15.5. The molecule has 0 radical (unpaired) electrons. The number of carbonyl (C=O) groups excluding carboxylic acids is 1. The van der Waals surface area contributed by atoms with Gasteiger partial charge in [-0.05, 0) is 36.8 Å². The van der Waals surface area contributed by atoms with Crippen LogP contribution in [0.1, 0.15) is 12.7 Å². The van der Waals surface area contributed by atoms with E-state index in [9.17, 15) is 4.79 Å². The van der Waals surface area contributed by atoms with Gasteiger partial charge < -0.3 is 21.3 Å². The predicted molar refractivity (Wildman–Crippen MR) is 110 cm³/mol. The number of hydrogen-bond acceptors (Lipinski definition) is 5. The molecule has 1 heterocycles. The fourth-order valence-electron chi connectivity index (χ4n) is 2.74. The summed E-state index contributed by atoms with van der Waals surface area (Å²) in [5, 5.41) is 14.3. The predicted octanol–water partition coefficient (Wildman–Crippen LogP) is 3.60. The Hall–Kier alpha value is -3.35. The summed E-state index contributed by atoms with van der Waals surface area (Å²) in [6, 6.07) is 15.5. The van der Waals surface area contributed by atoms with Crippen molar-refractivity contribution in [2.45, 2.75) is 13.8 Å². The number of benzene rings is 2. The van der Waals surface area contributed by atoms with Gasteiger partial charge in [-0.2, -0.15) is 0 Å². The third-order valence-electron chi connectivity index (χ3n) is 3.92. The van der Waals surface area contributed by atoms with E-state index >= 15 is 0 Å². The van der Waals surface area contributed by atoms with E-state index in [1.165, 1.54) is 0 Å². The summed E-state index contributed by atoms with van der Waals surface area (Å²) in [7, 11) is 0. The lowest BCUT2D eigenvalue weighted by molar-refractivity contribution is 0.252. The molecule has 27 heavy (non-hydrogen) atoms. The van der Waals surface area contributed by atoms with Gasteiger partial charge in [-0.3, -0.25) is 0 Å². The molecule has 0 saturated carbocycles. The topological polar surface area (TPSA) is 91.0 Å². The SMILES string of the molecule is CCNc1cc(NCCNC(=O)Nc2ccc3ccccc3c2)nc(C)n1.